The number of hydrogen-bond donors (Lipinski definition) is 3. The van der Waals surface area contributed by atoms with Gasteiger partial charge in [-0.2, -0.15) is 0 Å². The van der Waals surface area contributed by atoms with E-state index in [-0.39, 0.29) is 38.0 Å². The van der Waals surface area contributed by atoms with Crippen LogP contribution in [0.3, 0.4) is 0 Å². The highest BCUT2D eigenvalue weighted by atomic mass is 16.5. The van der Waals surface area contributed by atoms with E-state index in [9.17, 15) is 14.4 Å². The van der Waals surface area contributed by atoms with Gasteiger partial charge < -0.3 is 19.9 Å². The number of rotatable bonds is 10. The molecule has 35 heavy (non-hydrogen) atoms. The average Bonchev–Trinajstić information content (AvgIpc) is 3.17. The number of carboxylic acids is 1. The van der Waals surface area contributed by atoms with Crippen LogP contribution in [-0.4, -0.2) is 49.4 Å². The average molecular weight is 475 g/mol. The quantitative estimate of drug-likeness (QED) is 0.385. The predicted octanol–water partition coefficient (Wildman–Crippen LogP) is 3.81. The van der Waals surface area contributed by atoms with Crippen molar-refractivity contribution in [2.75, 3.05) is 31.7 Å². The number of anilines is 1. The number of benzene rings is 3. The van der Waals surface area contributed by atoms with Crippen LogP contribution in [0.4, 0.5) is 10.5 Å². The molecule has 8 heteroatoms. The van der Waals surface area contributed by atoms with Crippen molar-refractivity contribution >= 4 is 23.7 Å². The van der Waals surface area contributed by atoms with Gasteiger partial charge in [-0.1, -0.05) is 60.7 Å². The van der Waals surface area contributed by atoms with Gasteiger partial charge in [0.2, 0.25) is 5.91 Å². The molecule has 0 heterocycles. The lowest BCUT2D eigenvalue weighted by atomic mass is 9.98. The van der Waals surface area contributed by atoms with Gasteiger partial charge in [-0.05, 0) is 39.9 Å². The largest absolute Gasteiger partial charge is 0.480 e. The normalized spacial score (nSPS) is 11.9. The zero-order chi connectivity index (χ0) is 24.6. The minimum absolute atomic E-state index is 0.0106. The van der Waals surface area contributed by atoms with E-state index in [1.54, 1.807) is 24.3 Å². The van der Waals surface area contributed by atoms with Crippen molar-refractivity contribution in [1.82, 2.24) is 5.32 Å². The van der Waals surface area contributed by atoms with E-state index in [0.717, 1.165) is 16.7 Å². The number of fused-ring (bicyclic) bond motifs is 3. The molecule has 0 radical (unpaired) electrons. The maximum atomic E-state index is 12.4. The molecular weight excluding hydrogens is 448 g/mol. The Kier molecular flexibility index (Phi) is 7.74. The van der Waals surface area contributed by atoms with Crippen molar-refractivity contribution in [3.8, 4) is 11.1 Å². The van der Waals surface area contributed by atoms with Crippen LogP contribution in [0.15, 0.2) is 72.8 Å². The maximum Gasteiger partial charge on any atom is 0.411 e. The van der Waals surface area contributed by atoms with Gasteiger partial charge in [-0.25, -0.2) is 9.59 Å². The summed E-state index contributed by atoms with van der Waals surface area (Å²) in [4.78, 5) is 34.8. The van der Waals surface area contributed by atoms with Gasteiger partial charge >= 0.3 is 12.1 Å². The number of aliphatic carboxylic acids is 1. The maximum absolute atomic E-state index is 12.4. The Balaban J connectivity index is 1.24. The highest BCUT2D eigenvalue weighted by Gasteiger charge is 2.29. The van der Waals surface area contributed by atoms with Gasteiger partial charge in [0.25, 0.3) is 0 Å². The molecule has 0 spiro atoms. The van der Waals surface area contributed by atoms with Crippen LogP contribution in [0.5, 0.6) is 0 Å². The minimum Gasteiger partial charge on any atom is -0.480 e. The van der Waals surface area contributed by atoms with Crippen LogP contribution in [0, 0.1) is 0 Å². The van der Waals surface area contributed by atoms with Crippen LogP contribution in [0.1, 0.15) is 22.6 Å². The summed E-state index contributed by atoms with van der Waals surface area (Å²) in [6, 6.07) is 23.2. The third-order valence-corrected chi connectivity index (χ3v) is 5.70. The fourth-order valence-corrected chi connectivity index (χ4v) is 4.13. The number of hydrogen-bond acceptors (Lipinski definition) is 5. The van der Waals surface area contributed by atoms with Crippen molar-refractivity contribution < 1.29 is 29.0 Å². The van der Waals surface area contributed by atoms with E-state index in [4.69, 9.17) is 14.6 Å². The van der Waals surface area contributed by atoms with E-state index in [2.05, 4.69) is 34.9 Å². The van der Waals surface area contributed by atoms with Crippen molar-refractivity contribution in [2.45, 2.75) is 12.3 Å². The summed E-state index contributed by atoms with van der Waals surface area (Å²) in [5.41, 5.74) is 5.98. The van der Waals surface area contributed by atoms with Crippen LogP contribution < -0.4 is 10.6 Å². The second-order valence-corrected chi connectivity index (χ2v) is 8.12. The Hall–Kier alpha value is -4.17. The Labute approximate surface area is 202 Å². The van der Waals surface area contributed by atoms with Crippen LogP contribution in [0.25, 0.3) is 11.1 Å². The van der Waals surface area contributed by atoms with Gasteiger partial charge in [0.1, 0.15) is 13.2 Å². The van der Waals surface area contributed by atoms with Gasteiger partial charge in [0.15, 0.2) is 0 Å². The molecule has 0 unspecified atom stereocenters. The first kappa shape index (κ1) is 24.0. The molecule has 8 nitrogen and oxygen atoms in total. The highest BCUT2D eigenvalue weighted by molar-refractivity contribution is 5.85. The molecule has 0 aromatic heterocycles. The molecular formula is C27H26N2O6. The van der Waals surface area contributed by atoms with E-state index < -0.39 is 18.7 Å². The first-order chi connectivity index (χ1) is 17.0. The molecule has 180 valence electrons. The number of carbonyl (C=O) groups excluding carboxylic acids is 2. The number of carbonyl (C=O) groups is 3. The number of ether oxygens (including phenoxy) is 2. The predicted molar refractivity (Wildman–Crippen MR) is 130 cm³/mol. The highest BCUT2D eigenvalue weighted by Crippen LogP contribution is 2.44. The molecule has 0 aliphatic heterocycles. The fraction of sp³-hybridized carbons (Fsp3) is 0.222. The number of nitrogens with one attached hydrogen (secondary N) is 2. The SMILES string of the molecule is O=C(O)COCCNC(=O)Cc1ccc(NC(=O)OCC2c3ccccc3-c3ccccc32)cc1. The van der Waals surface area contributed by atoms with E-state index in [0.29, 0.717) is 5.69 Å². The molecule has 4 rings (SSSR count). The molecule has 0 fully saturated rings. The molecule has 0 saturated carbocycles. The lowest BCUT2D eigenvalue weighted by Crippen LogP contribution is -2.29. The molecule has 0 bridgehead atoms. The third kappa shape index (κ3) is 6.24. The summed E-state index contributed by atoms with van der Waals surface area (Å²) in [5, 5.41) is 13.9. The standard InChI is InChI=1S/C27H26N2O6/c30-25(28-13-14-34-17-26(31)32)15-18-9-11-19(12-10-18)29-27(33)35-16-24-22-7-3-1-5-20(22)21-6-2-4-8-23(21)24/h1-12,24H,13-17H2,(H,28,30)(H,29,33)(H,31,32). The fourth-order valence-electron chi connectivity index (χ4n) is 4.13. The van der Waals surface area contributed by atoms with Gasteiger partial charge in [-0.15, -0.1) is 0 Å². The van der Waals surface area contributed by atoms with Crippen molar-refractivity contribution in [1.29, 1.82) is 0 Å². The summed E-state index contributed by atoms with van der Waals surface area (Å²) in [6.07, 6.45) is -0.386. The zero-order valence-corrected chi connectivity index (χ0v) is 19.0. The monoisotopic (exact) mass is 474 g/mol. The van der Waals surface area contributed by atoms with Gasteiger partial charge in [-0.3, -0.25) is 10.1 Å². The first-order valence-electron chi connectivity index (χ1n) is 11.3. The van der Waals surface area contributed by atoms with Gasteiger partial charge in [0, 0.05) is 18.2 Å². The summed E-state index contributed by atoms with van der Waals surface area (Å²) in [5.74, 6) is -1.27. The summed E-state index contributed by atoms with van der Waals surface area (Å²) in [6.45, 7) is 0.191. The Morgan fingerprint density at radius 1 is 0.857 bits per heavy atom. The minimum atomic E-state index is -1.05. The summed E-state index contributed by atoms with van der Waals surface area (Å²) < 4.78 is 10.4. The molecule has 1 aliphatic rings. The Morgan fingerprint density at radius 3 is 2.11 bits per heavy atom. The smallest absolute Gasteiger partial charge is 0.411 e. The molecule has 0 saturated heterocycles. The lowest BCUT2D eigenvalue weighted by molar-refractivity contribution is -0.142. The molecule has 3 N–H and O–H groups in total. The Bertz CT molecular complexity index is 1160. The second kappa shape index (κ2) is 11.3. The molecule has 0 atom stereocenters. The molecule has 3 aromatic carbocycles. The van der Waals surface area contributed by atoms with Crippen molar-refractivity contribution in [3.63, 3.8) is 0 Å². The van der Waals surface area contributed by atoms with Crippen molar-refractivity contribution in [3.05, 3.63) is 89.5 Å². The summed E-state index contributed by atoms with van der Waals surface area (Å²) >= 11 is 0. The van der Waals surface area contributed by atoms with Crippen molar-refractivity contribution in [2.24, 2.45) is 0 Å². The van der Waals surface area contributed by atoms with Crippen LogP contribution >= 0.6 is 0 Å². The van der Waals surface area contributed by atoms with Crippen LogP contribution in [0.2, 0.25) is 0 Å². The molecule has 1 aliphatic carbocycles. The topological polar surface area (TPSA) is 114 Å². The van der Waals surface area contributed by atoms with Gasteiger partial charge in [0.05, 0.1) is 13.0 Å². The zero-order valence-electron chi connectivity index (χ0n) is 19.0. The van der Waals surface area contributed by atoms with E-state index in [1.807, 2.05) is 24.3 Å². The number of carboxylic acid groups (broad SMARTS) is 1. The third-order valence-electron chi connectivity index (χ3n) is 5.70. The number of amides is 2. The molecule has 3 aromatic rings. The first-order valence-corrected chi connectivity index (χ1v) is 11.3. The Morgan fingerprint density at radius 2 is 1.49 bits per heavy atom. The second-order valence-electron chi connectivity index (χ2n) is 8.12. The molecule has 2 amide bonds. The van der Waals surface area contributed by atoms with Crippen LogP contribution in [-0.2, 0) is 25.5 Å². The lowest BCUT2D eigenvalue weighted by Gasteiger charge is -2.14. The summed E-state index contributed by atoms with van der Waals surface area (Å²) in [7, 11) is 0. The van der Waals surface area contributed by atoms with E-state index >= 15 is 0 Å². The van der Waals surface area contributed by atoms with E-state index in [1.165, 1.54) is 11.1 Å².